The molecule has 6 nitrogen and oxygen atoms in total. The number of ether oxygens (including phenoxy) is 1. The number of nitrogens with one attached hydrogen (secondary N) is 1. The molecule has 1 heterocycles. The largest absolute Gasteiger partial charge is 0.478 e. The average Bonchev–Trinajstić information content (AvgIpc) is 2.42. The van der Waals surface area contributed by atoms with Crippen molar-refractivity contribution < 1.29 is 19.4 Å². The van der Waals surface area contributed by atoms with Crippen molar-refractivity contribution in [2.75, 3.05) is 31.6 Å². The quantitative estimate of drug-likeness (QED) is 0.865. The molecule has 0 saturated carbocycles. The molecule has 1 aliphatic heterocycles. The lowest BCUT2D eigenvalue weighted by molar-refractivity contribution is 0.0564. The van der Waals surface area contributed by atoms with Gasteiger partial charge in [0.15, 0.2) is 0 Å². The van der Waals surface area contributed by atoms with Crippen LogP contribution in [0.4, 0.5) is 10.5 Å². The van der Waals surface area contributed by atoms with Crippen LogP contribution in [-0.4, -0.2) is 48.3 Å². The number of hydrogen-bond acceptors (Lipinski definition) is 3. The number of nitrogens with zero attached hydrogens (tertiary/aromatic N) is 1. The standard InChI is InChI=1S/C14H18N2O4/c1-9-7-10(2)12(11(8-9)13(17)18)15-14(19)16-3-5-20-6-4-16/h7-8H,3-6H2,1-2H3,(H,15,19)(H,17,18). The topological polar surface area (TPSA) is 78.9 Å². The Balaban J connectivity index is 2.23. The molecule has 1 fully saturated rings. The number of hydrogen-bond donors (Lipinski definition) is 2. The molecule has 0 radical (unpaired) electrons. The van der Waals surface area contributed by atoms with Crippen molar-refractivity contribution in [3.05, 3.63) is 28.8 Å². The van der Waals surface area contributed by atoms with Crippen molar-refractivity contribution in [1.82, 2.24) is 4.90 Å². The first-order valence-electron chi connectivity index (χ1n) is 6.47. The third-order valence-corrected chi connectivity index (χ3v) is 3.24. The maximum atomic E-state index is 12.1. The van der Waals surface area contributed by atoms with Crippen molar-refractivity contribution in [3.8, 4) is 0 Å². The zero-order chi connectivity index (χ0) is 14.7. The number of aryl methyl sites for hydroxylation is 2. The van der Waals surface area contributed by atoms with E-state index in [1.807, 2.05) is 13.0 Å². The fraction of sp³-hybridized carbons (Fsp3) is 0.429. The SMILES string of the molecule is Cc1cc(C)c(NC(=O)N2CCOCC2)c(C(=O)O)c1. The number of aromatic carboxylic acids is 1. The Hall–Kier alpha value is -2.08. The van der Waals surface area contributed by atoms with E-state index in [1.54, 1.807) is 17.9 Å². The molecule has 20 heavy (non-hydrogen) atoms. The van der Waals surface area contributed by atoms with Gasteiger partial charge in [0, 0.05) is 13.1 Å². The average molecular weight is 278 g/mol. The lowest BCUT2D eigenvalue weighted by atomic mass is 10.0. The monoisotopic (exact) mass is 278 g/mol. The maximum absolute atomic E-state index is 12.1. The third-order valence-electron chi connectivity index (χ3n) is 3.24. The van der Waals surface area contributed by atoms with Crippen LogP contribution < -0.4 is 5.32 Å². The van der Waals surface area contributed by atoms with Gasteiger partial charge in [0.2, 0.25) is 0 Å². The number of morpholine rings is 1. The van der Waals surface area contributed by atoms with Crippen molar-refractivity contribution in [2.24, 2.45) is 0 Å². The summed E-state index contributed by atoms with van der Waals surface area (Å²) in [4.78, 5) is 25.1. The van der Waals surface area contributed by atoms with Crippen LogP contribution in [-0.2, 0) is 4.74 Å². The summed E-state index contributed by atoms with van der Waals surface area (Å²) >= 11 is 0. The Bertz CT molecular complexity index is 536. The first kappa shape index (κ1) is 14.3. The summed E-state index contributed by atoms with van der Waals surface area (Å²) in [6, 6.07) is 3.12. The van der Waals surface area contributed by atoms with E-state index >= 15 is 0 Å². The molecule has 2 N–H and O–H groups in total. The highest BCUT2D eigenvalue weighted by atomic mass is 16.5. The summed E-state index contributed by atoms with van der Waals surface area (Å²) in [5, 5.41) is 12.0. The highest BCUT2D eigenvalue weighted by molar-refractivity contribution is 6.01. The van der Waals surface area contributed by atoms with E-state index in [4.69, 9.17) is 4.74 Å². The van der Waals surface area contributed by atoms with Crippen LogP contribution in [0.25, 0.3) is 0 Å². The van der Waals surface area contributed by atoms with Crippen LogP contribution >= 0.6 is 0 Å². The zero-order valence-corrected chi connectivity index (χ0v) is 11.6. The molecule has 2 amide bonds. The Kier molecular flexibility index (Phi) is 4.24. The molecule has 6 heteroatoms. The fourth-order valence-corrected chi connectivity index (χ4v) is 2.25. The Labute approximate surface area is 117 Å². The van der Waals surface area contributed by atoms with Crippen LogP contribution in [0, 0.1) is 13.8 Å². The van der Waals surface area contributed by atoms with Gasteiger partial charge in [0.1, 0.15) is 0 Å². The Morgan fingerprint density at radius 2 is 1.90 bits per heavy atom. The van der Waals surface area contributed by atoms with Crippen molar-refractivity contribution >= 4 is 17.7 Å². The normalized spacial score (nSPS) is 15.0. The summed E-state index contributed by atoms with van der Waals surface area (Å²) in [5.74, 6) is -1.05. The van der Waals surface area contributed by atoms with Crippen molar-refractivity contribution in [3.63, 3.8) is 0 Å². The van der Waals surface area contributed by atoms with Gasteiger partial charge >= 0.3 is 12.0 Å². The van der Waals surface area contributed by atoms with Gasteiger partial charge in [0.05, 0.1) is 24.5 Å². The molecule has 0 aromatic heterocycles. The van der Waals surface area contributed by atoms with Crippen LogP contribution in [0.1, 0.15) is 21.5 Å². The second kappa shape index (κ2) is 5.92. The minimum atomic E-state index is -1.05. The number of rotatable bonds is 2. The Morgan fingerprint density at radius 1 is 1.25 bits per heavy atom. The number of amides is 2. The van der Waals surface area contributed by atoms with Crippen LogP contribution in [0.15, 0.2) is 12.1 Å². The number of urea groups is 1. The van der Waals surface area contributed by atoms with Crippen molar-refractivity contribution in [1.29, 1.82) is 0 Å². The van der Waals surface area contributed by atoms with E-state index < -0.39 is 5.97 Å². The number of benzene rings is 1. The van der Waals surface area contributed by atoms with E-state index in [9.17, 15) is 14.7 Å². The molecule has 0 bridgehead atoms. The van der Waals surface area contributed by atoms with Gasteiger partial charge < -0.3 is 20.1 Å². The van der Waals surface area contributed by atoms with Gasteiger partial charge in [-0.15, -0.1) is 0 Å². The molecule has 0 unspecified atom stereocenters. The first-order chi connectivity index (χ1) is 9.49. The molecule has 108 valence electrons. The highest BCUT2D eigenvalue weighted by Crippen LogP contribution is 2.23. The predicted molar refractivity (Wildman–Crippen MR) is 74.3 cm³/mol. The van der Waals surface area contributed by atoms with E-state index in [-0.39, 0.29) is 11.6 Å². The van der Waals surface area contributed by atoms with Crippen LogP contribution in [0.3, 0.4) is 0 Å². The van der Waals surface area contributed by atoms with Crippen LogP contribution in [0.5, 0.6) is 0 Å². The third kappa shape index (κ3) is 3.08. The maximum Gasteiger partial charge on any atom is 0.337 e. The molecule has 0 spiro atoms. The minimum absolute atomic E-state index is 0.115. The molecular weight excluding hydrogens is 260 g/mol. The summed E-state index contributed by atoms with van der Waals surface area (Å²) in [7, 11) is 0. The van der Waals surface area contributed by atoms with E-state index in [1.165, 1.54) is 0 Å². The number of carboxylic acids is 1. The number of carboxylic acid groups (broad SMARTS) is 1. The predicted octanol–water partition coefficient (Wildman–Crippen LogP) is 1.87. The zero-order valence-electron chi connectivity index (χ0n) is 11.6. The molecule has 1 aromatic carbocycles. The van der Waals surface area contributed by atoms with E-state index in [0.717, 1.165) is 11.1 Å². The molecule has 0 aliphatic carbocycles. The van der Waals surface area contributed by atoms with Gasteiger partial charge in [-0.2, -0.15) is 0 Å². The molecule has 0 atom stereocenters. The minimum Gasteiger partial charge on any atom is -0.478 e. The Morgan fingerprint density at radius 3 is 2.50 bits per heavy atom. The molecule has 1 saturated heterocycles. The smallest absolute Gasteiger partial charge is 0.337 e. The lowest BCUT2D eigenvalue weighted by Crippen LogP contribution is -2.43. The molecular formula is C14H18N2O4. The van der Waals surface area contributed by atoms with E-state index in [2.05, 4.69) is 5.32 Å². The van der Waals surface area contributed by atoms with Gasteiger partial charge in [-0.1, -0.05) is 6.07 Å². The summed E-state index contributed by atoms with van der Waals surface area (Å²) in [6.45, 7) is 5.65. The van der Waals surface area contributed by atoms with Gasteiger partial charge in [-0.3, -0.25) is 0 Å². The summed E-state index contributed by atoms with van der Waals surface area (Å²) in [5.41, 5.74) is 2.07. The van der Waals surface area contributed by atoms with Gasteiger partial charge in [0.25, 0.3) is 0 Å². The lowest BCUT2D eigenvalue weighted by Gasteiger charge is -2.27. The van der Waals surface area contributed by atoms with Gasteiger partial charge in [-0.05, 0) is 31.0 Å². The highest BCUT2D eigenvalue weighted by Gasteiger charge is 2.20. The fourth-order valence-electron chi connectivity index (χ4n) is 2.25. The number of carbonyl (C=O) groups is 2. The first-order valence-corrected chi connectivity index (χ1v) is 6.47. The molecule has 1 aliphatic rings. The van der Waals surface area contributed by atoms with Crippen LogP contribution in [0.2, 0.25) is 0 Å². The summed E-state index contributed by atoms with van der Waals surface area (Å²) in [6.07, 6.45) is 0. The second-order valence-electron chi connectivity index (χ2n) is 4.84. The number of carbonyl (C=O) groups excluding carboxylic acids is 1. The second-order valence-corrected chi connectivity index (χ2v) is 4.84. The summed E-state index contributed by atoms with van der Waals surface area (Å²) < 4.78 is 5.19. The van der Waals surface area contributed by atoms with Crippen molar-refractivity contribution in [2.45, 2.75) is 13.8 Å². The van der Waals surface area contributed by atoms with Gasteiger partial charge in [-0.25, -0.2) is 9.59 Å². The molecule has 1 aromatic rings. The number of anilines is 1. The molecule has 2 rings (SSSR count). The van der Waals surface area contributed by atoms with E-state index in [0.29, 0.717) is 32.0 Å².